The number of pyridine rings is 1. The standard InChI is InChI=1S/C25H29FN6O3/c1-4-23(24-28-29-30-32(24)11-12-34-2)31(15-17-5-8-20(26)9-6-17)16-19-13-18-7-10-21(35-3)14-22(18)27-25(19)33/h5-10,13-14,23H,4,11-12,15-16H2,1-3H3,(H,27,33)/t23-/m0/s1. The van der Waals surface area contributed by atoms with Crippen LogP contribution in [0.2, 0.25) is 0 Å². The summed E-state index contributed by atoms with van der Waals surface area (Å²) in [5, 5.41) is 13.2. The maximum Gasteiger partial charge on any atom is 0.252 e. The zero-order valence-corrected chi connectivity index (χ0v) is 20.1. The minimum atomic E-state index is -0.294. The Morgan fingerprint density at radius 3 is 2.63 bits per heavy atom. The van der Waals surface area contributed by atoms with Crippen LogP contribution in [0.1, 0.15) is 36.3 Å². The van der Waals surface area contributed by atoms with Crippen molar-refractivity contribution in [3.63, 3.8) is 0 Å². The molecular weight excluding hydrogens is 451 g/mol. The molecular formula is C25H29FN6O3. The van der Waals surface area contributed by atoms with Crippen molar-refractivity contribution in [1.29, 1.82) is 0 Å². The van der Waals surface area contributed by atoms with Gasteiger partial charge in [0.05, 0.1) is 31.8 Å². The van der Waals surface area contributed by atoms with Gasteiger partial charge in [-0.15, -0.1) is 5.10 Å². The van der Waals surface area contributed by atoms with Crippen LogP contribution in [0.25, 0.3) is 10.9 Å². The summed E-state index contributed by atoms with van der Waals surface area (Å²) in [4.78, 5) is 18.1. The fraction of sp³-hybridized carbons (Fsp3) is 0.360. The van der Waals surface area contributed by atoms with Gasteiger partial charge in [-0.2, -0.15) is 0 Å². The van der Waals surface area contributed by atoms with Crippen LogP contribution in [0.15, 0.2) is 53.3 Å². The fourth-order valence-electron chi connectivity index (χ4n) is 4.18. The molecule has 0 radical (unpaired) electrons. The number of hydrogen-bond donors (Lipinski definition) is 1. The Labute approximate surface area is 202 Å². The zero-order valence-electron chi connectivity index (χ0n) is 20.1. The smallest absolute Gasteiger partial charge is 0.252 e. The lowest BCUT2D eigenvalue weighted by Crippen LogP contribution is -2.32. The molecule has 9 nitrogen and oxygen atoms in total. The molecule has 0 saturated carbocycles. The third-order valence-corrected chi connectivity index (χ3v) is 5.99. The lowest BCUT2D eigenvalue weighted by Gasteiger charge is -2.30. The molecule has 0 amide bonds. The summed E-state index contributed by atoms with van der Waals surface area (Å²) in [6.07, 6.45) is 0.706. The number of rotatable bonds is 11. The van der Waals surface area contributed by atoms with E-state index >= 15 is 0 Å². The summed E-state index contributed by atoms with van der Waals surface area (Å²) in [5.41, 5.74) is 2.06. The van der Waals surface area contributed by atoms with E-state index in [1.54, 1.807) is 37.1 Å². The highest BCUT2D eigenvalue weighted by molar-refractivity contribution is 5.80. The molecule has 0 unspecified atom stereocenters. The SMILES string of the molecule is CC[C@@H](c1nnnn1CCOC)N(Cc1ccc(F)cc1)Cc1cc2ccc(OC)cc2[nH]c1=O. The van der Waals surface area contributed by atoms with Crippen molar-refractivity contribution in [2.45, 2.75) is 39.0 Å². The van der Waals surface area contributed by atoms with E-state index in [4.69, 9.17) is 9.47 Å². The molecule has 10 heteroatoms. The number of nitrogens with one attached hydrogen (secondary N) is 1. The van der Waals surface area contributed by atoms with Crippen LogP contribution in [0.5, 0.6) is 5.75 Å². The first-order valence-corrected chi connectivity index (χ1v) is 11.5. The van der Waals surface area contributed by atoms with Crippen LogP contribution in [-0.2, 0) is 24.4 Å². The molecule has 0 spiro atoms. The third-order valence-electron chi connectivity index (χ3n) is 5.99. The Bertz CT molecular complexity index is 1320. The van der Waals surface area contributed by atoms with Gasteiger partial charge >= 0.3 is 0 Å². The molecule has 0 fully saturated rings. The van der Waals surface area contributed by atoms with Crippen LogP contribution < -0.4 is 10.3 Å². The van der Waals surface area contributed by atoms with E-state index in [-0.39, 0.29) is 17.4 Å². The van der Waals surface area contributed by atoms with E-state index in [1.165, 1.54) is 12.1 Å². The van der Waals surface area contributed by atoms with Crippen LogP contribution in [0.4, 0.5) is 4.39 Å². The molecule has 0 aliphatic carbocycles. The third kappa shape index (κ3) is 5.72. The molecule has 2 aromatic heterocycles. The van der Waals surface area contributed by atoms with Crippen molar-refractivity contribution in [2.75, 3.05) is 20.8 Å². The normalized spacial score (nSPS) is 12.4. The first-order valence-electron chi connectivity index (χ1n) is 11.5. The highest BCUT2D eigenvalue weighted by atomic mass is 19.1. The second kappa shape index (κ2) is 11.2. The minimum Gasteiger partial charge on any atom is -0.497 e. The van der Waals surface area contributed by atoms with Gasteiger partial charge in [0.2, 0.25) is 0 Å². The lowest BCUT2D eigenvalue weighted by atomic mass is 10.1. The van der Waals surface area contributed by atoms with E-state index in [1.807, 2.05) is 18.2 Å². The first-order chi connectivity index (χ1) is 17.0. The molecule has 0 aliphatic rings. The molecule has 184 valence electrons. The quantitative estimate of drug-likeness (QED) is 0.351. The number of aromatic amines is 1. The first kappa shape index (κ1) is 24.5. The predicted molar refractivity (Wildman–Crippen MR) is 129 cm³/mol. The van der Waals surface area contributed by atoms with Crippen molar-refractivity contribution in [3.8, 4) is 5.75 Å². The van der Waals surface area contributed by atoms with Gasteiger partial charge in [-0.1, -0.05) is 19.1 Å². The second-order valence-corrected chi connectivity index (χ2v) is 8.29. The van der Waals surface area contributed by atoms with Gasteiger partial charge in [-0.3, -0.25) is 9.69 Å². The van der Waals surface area contributed by atoms with E-state index in [0.29, 0.717) is 55.3 Å². The average molecular weight is 481 g/mol. The molecule has 4 aromatic rings. The summed E-state index contributed by atoms with van der Waals surface area (Å²) in [6.45, 7) is 3.87. The van der Waals surface area contributed by atoms with Crippen LogP contribution >= 0.6 is 0 Å². The summed E-state index contributed by atoms with van der Waals surface area (Å²) in [7, 11) is 3.22. The molecule has 4 rings (SSSR count). The van der Waals surface area contributed by atoms with Gasteiger partial charge in [0, 0.05) is 31.8 Å². The summed E-state index contributed by atoms with van der Waals surface area (Å²) < 4.78 is 25.7. The zero-order chi connectivity index (χ0) is 24.8. The molecule has 0 bridgehead atoms. The van der Waals surface area contributed by atoms with E-state index in [2.05, 4.69) is 32.3 Å². The Hall–Kier alpha value is -3.63. The monoisotopic (exact) mass is 480 g/mol. The second-order valence-electron chi connectivity index (χ2n) is 8.29. The fourth-order valence-corrected chi connectivity index (χ4v) is 4.18. The van der Waals surface area contributed by atoms with Crippen molar-refractivity contribution >= 4 is 10.9 Å². The van der Waals surface area contributed by atoms with Gasteiger partial charge in [-0.25, -0.2) is 9.07 Å². The van der Waals surface area contributed by atoms with Gasteiger partial charge in [0.25, 0.3) is 5.56 Å². The van der Waals surface area contributed by atoms with Crippen LogP contribution in [0, 0.1) is 5.82 Å². The summed E-state index contributed by atoms with van der Waals surface area (Å²) in [6, 6.07) is 13.7. The predicted octanol–water partition coefficient (Wildman–Crippen LogP) is 3.46. The largest absolute Gasteiger partial charge is 0.497 e. The molecule has 0 aliphatic heterocycles. The Kier molecular flexibility index (Phi) is 7.84. The highest BCUT2D eigenvalue weighted by Gasteiger charge is 2.26. The number of ether oxygens (including phenoxy) is 2. The number of benzene rings is 2. The number of fused-ring (bicyclic) bond motifs is 1. The number of halogens is 1. The van der Waals surface area contributed by atoms with Crippen molar-refractivity contribution in [3.05, 3.63) is 81.7 Å². The lowest BCUT2D eigenvalue weighted by molar-refractivity contribution is 0.151. The molecule has 0 saturated heterocycles. The summed E-state index contributed by atoms with van der Waals surface area (Å²) in [5.74, 6) is 1.07. The van der Waals surface area contributed by atoms with E-state index in [9.17, 15) is 9.18 Å². The number of nitrogens with zero attached hydrogens (tertiary/aromatic N) is 5. The Morgan fingerprint density at radius 2 is 1.91 bits per heavy atom. The van der Waals surface area contributed by atoms with Crippen molar-refractivity contribution in [2.24, 2.45) is 0 Å². The van der Waals surface area contributed by atoms with Crippen molar-refractivity contribution < 1.29 is 13.9 Å². The number of aromatic nitrogens is 5. The van der Waals surface area contributed by atoms with Gasteiger partial charge in [0.1, 0.15) is 11.6 Å². The number of tetrazole rings is 1. The van der Waals surface area contributed by atoms with Gasteiger partial charge in [-0.05, 0) is 58.1 Å². The molecule has 2 aromatic carbocycles. The maximum absolute atomic E-state index is 13.5. The summed E-state index contributed by atoms with van der Waals surface area (Å²) >= 11 is 0. The highest BCUT2D eigenvalue weighted by Crippen LogP contribution is 2.27. The van der Waals surface area contributed by atoms with Crippen molar-refractivity contribution in [1.82, 2.24) is 30.1 Å². The number of hydrogen-bond acceptors (Lipinski definition) is 7. The van der Waals surface area contributed by atoms with Gasteiger partial charge < -0.3 is 14.5 Å². The van der Waals surface area contributed by atoms with Crippen LogP contribution in [-0.4, -0.2) is 50.9 Å². The number of methoxy groups -OCH3 is 2. The topological polar surface area (TPSA) is 98.2 Å². The molecule has 2 heterocycles. The minimum absolute atomic E-state index is 0.177. The number of H-pyrrole nitrogens is 1. The van der Waals surface area contributed by atoms with E-state index in [0.717, 1.165) is 10.9 Å². The van der Waals surface area contributed by atoms with Gasteiger partial charge in [0.15, 0.2) is 5.82 Å². The Balaban J connectivity index is 1.71. The Morgan fingerprint density at radius 1 is 1.11 bits per heavy atom. The molecule has 1 N–H and O–H groups in total. The molecule has 35 heavy (non-hydrogen) atoms. The molecule has 1 atom stereocenters. The average Bonchev–Trinajstić information content (AvgIpc) is 3.32. The van der Waals surface area contributed by atoms with Crippen LogP contribution in [0.3, 0.4) is 0 Å². The van der Waals surface area contributed by atoms with E-state index < -0.39 is 0 Å². The maximum atomic E-state index is 13.5.